The van der Waals surface area contributed by atoms with Gasteiger partial charge in [-0.25, -0.2) is 4.39 Å². The Morgan fingerprint density at radius 3 is 2.28 bits per heavy atom. The second kappa shape index (κ2) is 13.5. The molecule has 43 heavy (non-hydrogen) atoms. The van der Waals surface area contributed by atoms with E-state index in [0.29, 0.717) is 41.6 Å². The molecule has 3 aromatic carbocycles. The van der Waals surface area contributed by atoms with Crippen molar-refractivity contribution < 1.29 is 23.5 Å². The van der Waals surface area contributed by atoms with Crippen LogP contribution in [0, 0.1) is 5.82 Å². The van der Waals surface area contributed by atoms with Crippen molar-refractivity contribution in [3.63, 3.8) is 0 Å². The molecule has 1 heterocycles. The summed E-state index contributed by atoms with van der Waals surface area (Å²) in [5.41, 5.74) is 5.94. The Labute approximate surface area is 256 Å². The van der Waals surface area contributed by atoms with E-state index in [4.69, 9.17) is 9.47 Å². The number of nitrogens with zero attached hydrogens (tertiary/aromatic N) is 2. The van der Waals surface area contributed by atoms with Crippen molar-refractivity contribution in [1.82, 2.24) is 15.1 Å². The first kappa shape index (κ1) is 30.4. The van der Waals surface area contributed by atoms with Gasteiger partial charge in [-0.1, -0.05) is 36.4 Å². The maximum atomic E-state index is 14.4. The fourth-order valence-corrected chi connectivity index (χ4v) is 6.36. The molecule has 5 rings (SSSR count). The highest BCUT2D eigenvalue weighted by Crippen LogP contribution is 2.46. The largest absolute Gasteiger partial charge is 0.495 e. The Bertz CT molecular complexity index is 1550. The van der Waals surface area contributed by atoms with Crippen LogP contribution in [-0.2, 0) is 11.3 Å². The Morgan fingerprint density at radius 2 is 1.63 bits per heavy atom. The van der Waals surface area contributed by atoms with Gasteiger partial charge >= 0.3 is 0 Å². The highest BCUT2D eigenvalue weighted by molar-refractivity contribution is 8.13. The molecule has 0 atom stereocenters. The summed E-state index contributed by atoms with van der Waals surface area (Å²) in [6.07, 6.45) is 2.12. The zero-order valence-electron chi connectivity index (χ0n) is 24.9. The molecule has 224 valence electrons. The molecule has 2 aliphatic rings. The van der Waals surface area contributed by atoms with Crippen molar-refractivity contribution >= 4 is 40.1 Å². The molecule has 9 heteroatoms. The van der Waals surface area contributed by atoms with Crippen LogP contribution in [0.15, 0.2) is 71.1 Å². The number of carbonyl (C=O) groups excluding carboxylic acids is 2. The molecule has 1 fully saturated rings. The molecule has 2 amide bonds. The van der Waals surface area contributed by atoms with Gasteiger partial charge in [0.1, 0.15) is 22.2 Å². The number of ether oxygens (including phenoxy) is 2. The Hall–Kier alpha value is -4.08. The van der Waals surface area contributed by atoms with Crippen molar-refractivity contribution in [3.05, 3.63) is 94.3 Å². The lowest BCUT2D eigenvalue weighted by atomic mass is 10.0. The molecular weight excluding hydrogens is 565 g/mol. The van der Waals surface area contributed by atoms with E-state index in [-0.39, 0.29) is 23.4 Å². The topological polar surface area (TPSA) is 71.1 Å². The lowest BCUT2D eigenvalue weighted by molar-refractivity contribution is -0.120. The van der Waals surface area contributed by atoms with Crippen molar-refractivity contribution in [1.29, 1.82) is 0 Å². The smallest absolute Gasteiger partial charge is 0.286 e. The standard InChI is InChI=1S/C34H36FN3O4S/c1-22-27(26-11-10-25(35)19-29(26)28(22)20-32(39)36-21-23-8-6-5-7-9-23)16-24-17-30(41-3)33(31(18-24)42-4)43-34(40)38-14-12-37(2)13-15-38/h5-11,16-19H,12-15,20-21H2,1-4H3,(H,36,39)/b27-16-. The van der Waals surface area contributed by atoms with Crippen molar-refractivity contribution in [3.8, 4) is 11.5 Å². The van der Waals surface area contributed by atoms with Gasteiger partial charge < -0.3 is 24.6 Å². The van der Waals surface area contributed by atoms with Crippen LogP contribution >= 0.6 is 11.8 Å². The molecule has 1 aliphatic heterocycles. The fraction of sp³-hybridized carbons (Fsp3) is 0.294. The highest BCUT2D eigenvalue weighted by atomic mass is 32.2. The third-order valence-corrected chi connectivity index (χ3v) is 8.91. The SMILES string of the molecule is COc1cc(/C=C2/C(C)=C(CC(=O)NCc3ccccc3)c3cc(F)ccc32)cc(OC)c1SC(=O)N1CCN(C)CC1. The van der Waals surface area contributed by atoms with Gasteiger partial charge in [0.05, 0.1) is 20.6 Å². The predicted octanol–water partition coefficient (Wildman–Crippen LogP) is 6.34. The number of thioether (sulfide) groups is 1. The average Bonchev–Trinajstić information content (AvgIpc) is 3.26. The van der Waals surface area contributed by atoms with Gasteiger partial charge in [-0.3, -0.25) is 9.59 Å². The summed E-state index contributed by atoms with van der Waals surface area (Å²) in [5, 5.41) is 2.93. The van der Waals surface area contributed by atoms with Crippen LogP contribution in [0.4, 0.5) is 9.18 Å². The molecule has 0 aromatic heterocycles. The summed E-state index contributed by atoms with van der Waals surface area (Å²) in [5.74, 6) is 0.561. The van der Waals surface area contributed by atoms with Crippen LogP contribution in [0.2, 0.25) is 0 Å². The first-order valence-corrected chi connectivity index (χ1v) is 15.0. The number of nitrogens with one attached hydrogen (secondary N) is 1. The second-order valence-corrected chi connectivity index (χ2v) is 11.7. The average molecular weight is 602 g/mol. The first-order chi connectivity index (χ1) is 20.8. The lowest BCUT2D eigenvalue weighted by Gasteiger charge is -2.32. The zero-order valence-corrected chi connectivity index (χ0v) is 25.7. The minimum Gasteiger partial charge on any atom is -0.495 e. The number of benzene rings is 3. The lowest BCUT2D eigenvalue weighted by Crippen LogP contribution is -2.45. The van der Waals surface area contributed by atoms with Crippen LogP contribution in [0.5, 0.6) is 11.5 Å². The number of rotatable bonds is 8. The summed E-state index contributed by atoms with van der Waals surface area (Å²) in [6.45, 7) is 5.40. The molecule has 1 N–H and O–H groups in total. The van der Waals surface area contributed by atoms with Gasteiger partial charge in [-0.05, 0) is 95.0 Å². The minimum absolute atomic E-state index is 0.0449. The number of halogens is 1. The number of carbonyl (C=O) groups is 2. The van der Waals surface area contributed by atoms with E-state index >= 15 is 0 Å². The molecule has 1 saturated heterocycles. The van der Waals surface area contributed by atoms with E-state index in [1.807, 2.05) is 67.4 Å². The van der Waals surface area contributed by atoms with Gasteiger partial charge in [0, 0.05) is 32.7 Å². The number of fused-ring (bicyclic) bond motifs is 1. The molecule has 0 spiro atoms. The molecule has 7 nitrogen and oxygen atoms in total. The zero-order chi connectivity index (χ0) is 30.5. The van der Waals surface area contributed by atoms with Crippen molar-refractivity contribution in [2.45, 2.75) is 24.8 Å². The Morgan fingerprint density at radius 1 is 0.953 bits per heavy atom. The maximum Gasteiger partial charge on any atom is 0.286 e. The number of piperazine rings is 1. The fourth-order valence-electron chi connectivity index (χ4n) is 5.39. The third-order valence-electron chi connectivity index (χ3n) is 7.87. The summed E-state index contributed by atoms with van der Waals surface area (Å²) in [4.78, 5) is 30.8. The van der Waals surface area contributed by atoms with Crippen LogP contribution < -0.4 is 14.8 Å². The van der Waals surface area contributed by atoms with Gasteiger partial charge in [-0.2, -0.15) is 0 Å². The summed E-state index contributed by atoms with van der Waals surface area (Å²) < 4.78 is 25.9. The monoisotopic (exact) mass is 601 g/mol. The molecule has 1 aliphatic carbocycles. The summed E-state index contributed by atoms with van der Waals surface area (Å²) in [6, 6.07) is 18.1. The summed E-state index contributed by atoms with van der Waals surface area (Å²) >= 11 is 1.11. The Kier molecular flexibility index (Phi) is 9.52. The molecule has 0 unspecified atom stereocenters. The minimum atomic E-state index is -0.357. The molecule has 3 aromatic rings. The quantitative estimate of drug-likeness (QED) is 0.304. The molecule has 0 saturated carbocycles. The number of allylic oxidation sites excluding steroid dienone is 2. The molecule has 0 radical (unpaired) electrons. The maximum absolute atomic E-state index is 14.4. The van der Waals surface area contributed by atoms with E-state index in [9.17, 15) is 14.0 Å². The molecular formula is C34H36FN3O4S. The van der Waals surface area contributed by atoms with Crippen LogP contribution in [-0.4, -0.2) is 68.4 Å². The van der Waals surface area contributed by atoms with Gasteiger partial charge in [0.25, 0.3) is 5.24 Å². The van der Waals surface area contributed by atoms with E-state index in [1.54, 1.807) is 20.3 Å². The number of hydrogen-bond acceptors (Lipinski definition) is 6. The van der Waals surface area contributed by atoms with E-state index in [1.165, 1.54) is 12.1 Å². The van der Waals surface area contributed by atoms with E-state index < -0.39 is 0 Å². The van der Waals surface area contributed by atoms with Crippen molar-refractivity contribution in [2.24, 2.45) is 0 Å². The number of hydrogen-bond donors (Lipinski definition) is 1. The normalized spacial score (nSPS) is 15.9. The predicted molar refractivity (Wildman–Crippen MR) is 170 cm³/mol. The number of amides is 2. The first-order valence-electron chi connectivity index (χ1n) is 14.2. The molecule has 0 bridgehead atoms. The number of likely N-dealkylation sites (N-methyl/N-ethyl adjacent to an activating group) is 1. The third kappa shape index (κ3) is 6.95. The van der Waals surface area contributed by atoms with Crippen LogP contribution in [0.3, 0.4) is 0 Å². The van der Waals surface area contributed by atoms with Crippen LogP contribution in [0.25, 0.3) is 17.2 Å². The van der Waals surface area contributed by atoms with Crippen molar-refractivity contribution in [2.75, 3.05) is 47.4 Å². The van der Waals surface area contributed by atoms with Crippen LogP contribution in [0.1, 0.15) is 35.6 Å². The van der Waals surface area contributed by atoms with Gasteiger partial charge in [0.2, 0.25) is 5.91 Å². The van der Waals surface area contributed by atoms with Gasteiger partial charge in [-0.15, -0.1) is 0 Å². The Balaban J connectivity index is 1.43. The summed E-state index contributed by atoms with van der Waals surface area (Å²) in [7, 11) is 5.19. The second-order valence-electron chi connectivity index (χ2n) is 10.7. The number of methoxy groups -OCH3 is 2. The van der Waals surface area contributed by atoms with E-state index in [2.05, 4.69) is 10.2 Å². The highest BCUT2D eigenvalue weighted by Gasteiger charge is 2.27. The van der Waals surface area contributed by atoms with Gasteiger partial charge in [0.15, 0.2) is 0 Å². The van der Waals surface area contributed by atoms with E-state index in [0.717, 1.165) is 58.3 Å².